The van der Waals surface area contributed by atoms with E-state index in [1.807, 2.05) is 6.92 Å². The molecule has 2 atom stereocenters. The lowest BCUT2D eigenvalue weighted by molar-refractivity contribution is 0.0525. The molecule has 0 aliphatic carbocycles. The molecule has 0 saturated carbocycles. The first-order chi connectivity index (χ1) is 4.98. The van der Waals surface area contributed by atoms with E-state index >= 15 is 0 Å². The SMILES string of the molecule is CCC(C)(O)CNC[C@H](C)O. The van der Waals surface area contributed by atoms with Crippen molar-refractivity contribution in [1.29, 1.82) is 0 Å². The van der Waals surface area contributed by atoms with Crippen molar-refractivity contribution in [2.45, 2.75) is 38.9 Å². The molecular formula is C8H19NO2. The van der Waals surface area contributed by atoms with Gasteiger partial charge in [0.1, 0.15) is 0 Å². The summed E-state index contributed by atoms with van der Waals surface area (Å²) in [6, 6.07) is 0. The second-order valence-electron chi connectivity index (χ2n) is 3.33. The molecule has 3 nitrogen and oxygen atoms in total. The van der Waals surface area contributed by atoms with Crippen molar-refractivity contribution in [1.82, 2.24) is 5.32 Å². The monoisotopic (exact) mass is 161 g/mol. The Bertz CT molecular complexity index is 102. The maximum atomic E-state index is 9.49. The van der Waals surface area contributed by atoms with E-state index in [4.69, 9.17) is 5.11 Å². The molecule has 3 N–H and O–H groups in total. The van der Waals surface area contributed by atoms with Crippen LogP contribution in [0.15, 0.2) is 0 Å². The Balaban J connectivity index is 3.38. The number of rotatable bonds is 5. The lowest BCUT2D eigenvalue weighted by Gasteiger charge is -2.21. The van der Waals surface area contributed by atoms with Crippen LogP contribution < -0.4 is 5.32 Å². The van der Waals surface area contributed by atoms with E-state index in [1.165, 1.54) is 0 Å². The zero-order valence-electron chi connectivity index (χ0n) is 7.59. The first kappa shape index (κ1) is 10.9. The molecular weight excluding hydrogens is 142 g/mol. The van der Waals surface area contributed by atoms with Gasteiger partial charge >= 0.3 is 0 Å². The van der Waals surface area contributed by atoms with Crippen molar-refractivity contribution in [3.8, 4) is 0 Å². The molecule has 3 heteroatoms. The van der Waals surface area contributed by atoms with Gasteiger partial charge in [-0.3, -0.25) is 0 Å². The van der Waals surface area contributed by atoms with Crippen LogP contribution in [0.5, 0.6) is 0 Å². The first-order valence-electron chi connectivity index (χ1n) is 4.09. The van der Waals surface area contributed by atoms with Crippen molar-refractivity contribution in [3.63, 3.8) is 0 Å². The minimum atomic E-state index is -0.644. The standard InChI is InChI=1S/C8H19NO2/c1-4-8(3,11)6-9-5-7(2)10/h7,9-11H,4-6H2,1-3H3/t7-,8?/m0/s1. The Morgan fingerprint density at radius 3 is 2.45 bits per heavy atom. The maximum absolute atomic E-state index is 9.49. The lowest BCUT2D eigenvalue weighted by Crippen LogP contribution is -2.39. The van der Waals surface area contributed by atoms with Gasteiger partial charge in [0, 0.05) is 13.1 Å². The molecule has 0 radical (unpaired) electrons. The van der Waals surface area contributed by atoms with Gasteiger partial charge in [-0.1, -0.05) is 6.92 Å². The smallest absolute Gasteiger partial charge is 0.0741 e. The first-order valence-corrected chi connectivity index (χ1v) is 4.09. The fourth-order valence-electron chi connectivity index (χ4n) is 0.675. The maximum Gasteiger partial charge on any atom is 0.0741 e. The quantitative estimate of drug-likeness (QED) is 0.537. The van der Waals surface area contributed by atoms with Gasteiger partial charge in [-0.05, 0) is 20.3 Å². The average Bonchev–Trinajstić information content (AvgIpc) is 1.87. The van der Waals surface area contributed by atoms with Crippen molar-refractivity contribution in [2.75, 3.05) is 13.1 Å². The Morgan fingerprint density at radius 2 is 2.09 bits per heavy atom. The molecule has 0 spiro atoms. The van der Waals surface area contributed by atoms with Crippen LogP contribution in [0, 0.1) is 0 Å². The van der Waals surface area contributed by atoms with Gasteiger partial charge < -0.3 is 15.5 Å². The van der Waals surface area contributed by atoms with Gasteiger partial charge in [-0.2, -0.15) is 0 Å². The van der Waals surface area contributed by atoms with Crippen molar-refractivity contribution in [2.24, 2.45) is 0 Å². The van der Waals surface area contributed by atoms with E-state index in [1.54, 1.807) is 13.8 Å². The van der Waals surface area contributed by atoms with Gasteiger partial charge in [0.05, 0.1) is 11.7 Å². The molecule has 1 unspecified atom stereocenters. The predicted octanol–water partition coefficient (Wildman–Crippen LogP) is 0.118. The molecule has 0 heterocycles. The summed E-state index contributed by atoms with van der Waals surface area (Å²) in [6.45, 7) is 6.50. The van der Waals surface area contributed by atoms with Crippen LogP contribution in [0.4, 0.5) is 0 Å². The number of aliphatic hydroxyl groups is 2. The second-order valence-corrected chi connectivity index (χ2v) is 3.33. The summed E-state index contributed by atoms with van der Waals surface area (Å²) in [5.41, 5.74) is -0.644. The van der Waals surface area contributed by atoms with Crippen LogP contribution in [0.2, 0.25) is 0 Å². The fourth-order valence-corrected chi connectivity index (χ4v) is 0.675. The van der Waals surface area contributed by atoms with Gasteiger partial charge in [-0.25, -0.2) is 0 Å². The topological polar surface area (TPSA) is 52.5 Å². The molecule has 0 saturated heterocycles. The molecule has 68 valence electrons. The molecule has 0 aliphatic heterocycles. The zero-order chi connectivity index (χ0) is 8.91. The lowest BCUT2D eigenvalue weighted by atomic mass is 10.0. The number of hydrogen-bond acceptors (Lipinski definition) is 3. The van der Waals surface area contributed by atoms with Gasteiger partial charge in [-0.15, -0.1) is 0 Å². The highest BCUT2D eigenvalue weighted by Crippen LogP contribution is 2.05. The molecule has 0 bridgehead atoms. The average molecular weight is 161 g/mol. The van der Waals surface area contributed by atoms with Crippen LogP contribution in [0.3, 0.4) is 0 Å². The van der Waals surface area contributed by atoms with Crippen LogP contribution in [0.1, 0.15) is 27.2 Å². The van der Waals surface area contributed by atoms with E-state index in [9.17, 15) is 5.11 Å². The Labute approximate surface area is 68.4 Å². The highest BCUT2D eigenvalue weighted by atomic mass is 16.3. The third-order valence-corrected chi connectivity index (χ3v) is 1.71. The molecule has 0 aromatic carbocycles. The third-order valence-electron chi connectivity index (χ3n) is 1.71. The summed E-state index contributed by atoms with van der Waals surface area (Å²) in [5.74, 6) is 0. The van der Waals surface area contributed by atoms with Crippen molar-refractivity contribution < 1.29 is 10.2 Å². The molecule has 0 aromatic heterocycles. The molecule has 0 fully saturated rings. The Kier molecular flexibility index (Phi) is 4.65. The summed E-state index contributed by atoms with van der Waals surface area (Å²) in [6.07, 6.45) is 0.377. The van der Waals surface area contributed by atoms with E-state index in [0.29, 0.717) is 13.1 Å². The normalized spacial score (nSPS) is 19.4. The summed E-state index contributed by atoms with van der Waals surface area (Å²) in [5, 5.41) is 21.3. The Morgan fingerprint density at radius 1 is 1.55 bits per heavy atom. The fraction of sp³-hybridized carbons (Fsp3) is 1.00. The zero-order valence-corrected chi connectivity index (χ0v) is 7.59. The van der Waals surface area contributed by atoms with E-state index in [0.717, 1.165) is 6.42 Å². The second kappa shape index (κ2) is 4.70. The molecule has 0 amide bonds. The molecule has 11 heavy (non-hydrogen) atoms. The van der Waals surface area contributed by atoms with E-state index < -0.39 is 5.60 Å². The van der Waals surface area contributed by atoms with Crippen LogP contribution in [-0.4, -0.2) is 35.0 Å². The highest BCUT2D eigenvalue weighted by molar-refractivity contribution is 4.73. The van der Waals surface area contributed by atoms with Gasteiger partial charge in [0.2, 0.25) is 0 Å². The van der Waals surface area contributed by atoms with E-state index in [-0.39, 0.29) is 6.10 Å². The van der Waals surface area contributed by atoms with Crippen molar-refractivity contribution >= 4 is 0 Å². The summed E-state index contributed by atoms with van der Waals surface area (Å²) in [7, 11) is 0. The third kappa shape index (κ3) is 6.28. The molecule has 0 rings (SSSR count). The minimum absolute atomic E-state index is 0.345. The van der Waals surface area contributed by atoms with Crippen molar-refractivity contribution in [3.05, 3.63) is 0 Å². The summed E-state index contributed by atoms with van der Waals surface area (Å²) in [4.78, 5) is 0. The van der Waals surface area contributed by atoms with Gasteiger partial charge in [0.15, 0.2) is 0 Å². The highest BCUT2D eigenvalue weighted by Gasteiger charge is 2.16. The number of hydrogen-bond donors (Lipinski definition) is 3. The van der Waals surface area contributed by atoms with E-state index in [2.05, 4.69) is 5.32 Å². The molecule has 0 aliphatic rings. The number of nitrogens with one attached hydrogen (secondary N) is 1. The summed E-state index contributed by atoms with van der Waals surface area (Å²) < 4.78 is 0. The molecule has 0 aromatic rings. The van der Waals surface area contributed by atoms with Crippen LogP contribution in [-0.2, 0) is 0 Å². The number of aliphatic hydroxyl groups excluding tert-OH is 1. The largest absolute Gasteiger partial charge is 0.392 e. The van der Waals surface area contributed by atoms with Gasteiger partial charge in [0.25, 0.3) is 0 Å². The Hall–Kier alpha value is -0.120. The summed E-state index contributed by atoms with van der Waals surface area (Å²) >= 11 is 0. The predicted molar refractivity (Wildman–Crippen MR) is 45.5 cm³/mol. The van der Waals surface area contributed by atoms with Crippen LogP contribution >= 0.6 is 0 Å². The minimum Gasteiger partial charge on any atom is -0.392 e. The van der Waals surface area contributed by atoms with Crippen LogP contribution in [0.25, 0.3) is 0 Å².